The molecular formula is C34H37N3O5. The van der Waals surface area contributed by atoms with Gasteiger partial charge in [0.25, 0.3) is 0 Å². The summed E-state index contributed by atoms with van der Waals surface area (Å²) in [6.07, 6.45) is 2.78. The molecule has 5 rings (SSSR count). The molecule has 1 aliphatic heterocycles. The fourth-order valence-corrected chi connectivity index (χ4v) is 5.80. The van der Waals surface area contributed by atoms with Crippen LogP contribution in [0.5, 0.6) is 17.2 Å². The molecule has 1 aromatic heterocycles. The van der Waals surface area contributed by atoms with E-state index in [-0.39, 0.29) is 23.7 Å². The van der Waals surface area contributed by atoms with Crippen molar-refractivity contribution in [3.05, 3.63) is 101 Å². The summed E-state index contributed by atoms with van der Waals surface area (Å²) in [5.74, 6) is 0.952. The molecule has 0 radical (unpaired) electrons. The summed E-state index contributed by atoms with van der Waals surface area (Å²) in [7, 11) is 3.22. The Balaban J connectivity index is 1.54. The van der Waals surface area contributed by atoms with E-state index >= 15 is 0 Å². The zero-order chi connectivity index (χ0) is 30.0. The number of methoxy groups -OCH3 is 2. The molecule has 0 saturated heterocycles. The maximum atomic E-state index is 13.9. The lowest BCUT2D eigenvalue weighted by Crippen LogP contribution is -2.44. The van der Waals surface area contributed by atoms with Crippen molar-refractivity contribution in [2.75, 3.05) is 19.5 Å². The first kappa shape index (κ1) is 28.9. The van der Waals surface area contributed by atoms with Crippen LogP contribution in [0.1, 0.15) is 49.3 Å². The molecule has 42 heavy (non-hydrogen) atoms. The number of benzene rings is 2. The Kier molecular flexibility index (Phi) is 8.07. The summed E-state index contributed by atoms with van der Waals surface area (Å²) < 4.78 is 17.0. The van der Waals surface area contributed by atoms with Crippen LogP contribution in [-0.2, 0) is 16.2 Å². The molecule has 2 aromatic carbocycles. The predicted molar refractivity (Wildman–Crippen MR) is 161 cm³/mol. The highest BCUT2D eigenvalue weighted by molar-refractivity contribution is 6.03. The van der Waals surface area contributed by atoms with Crippen molar-refractivity contribution in [1.82, 2.24) is 10.3 Å². The number of amides is 1. The second-order valence-electron chi connectivity index (χ2n) is 11.7. The number of nitrogens with one attached hydrogen (secondary N) is 2. The van der Waals surface area contributed by atoms with E-state index in [9.17, 15) is 9.59 Å². The van der Waals surface area contributed by atoms with E-state index < -0.39 is 11.8 Å². The maximum Gasteiger partial charge on any atom is 0.235 e. The van der Waals surface area contributed by atoms with Crippen molar-refractivity contribution in [3.63, 3.8) is 0 Å². The van der Waals surface area contributed by atoms with Gasteiger partial charge in [-0.2, -0.15) is 0 Å². The number of hydrogen-bond acceptors (Lipinski definition) is 7. The number of ether oxygens (including phenoxy) is 3. The molecule has 2 unspecified atom stereocenters. The van der Waals surface area contributed by atoms with E-state index in [1.165, 1.54) is 0 Å². The number of carbonyl (C=O) groups excluding carboxylic acids is 2. The van der Waals surface area contributed by atoms with E-state index in [1.807, 2.05) is 55.5 Å². The lowest BCUT2D eigenvalue weighted by atomic mass is 9.66. The van der Waals surface area contributed by atoms with Gasteiger partial charge in [-0.25, -0.2) is 4.98 Å². The molecule has 218 valence electrons. The van der Waals surface area contributed by atoms with Gasteiger partial charge in [0, 0.05) is 41.1 Å². The molecule has 8 heteroatoms. The smallest absolute Gasteiger partial charge is 0.235 e. The van der Waals surface area contributed by atoms with Crippen molar-refractivity contribution in [3.8, 4) is 17.2 Å². The zero-order valence-corrected chi connectivity index (χ0v) is 24.7. The largest absolute Gasteiger partial charge is 0.497 e. The number of allylic oxidation sites excluding steroid dienone is 2. The standard InChI is InChI=1S/C34H37N3O5/c1-20-7-14-29(35-18-20)37-33(39)30-21(2)36-26-16-34(3,4)17-27(38)32(26)31(30)22-8-13-28(41-6)23(15-22)19-42-25-11-9-24(40-5)10-12-25/h7-15,18,30-31,36H,2,16-17,19H2,1,3-6H3,(H,35,37,39). The number of aromatic nitrogens is 1. The molecule has 2 N–H and O–H groups in total. The Hall–Kier alpha value is -4.59. The van der Waals surface area contributed by atoms with E-state index in [0.717, 1.165) is 28.1 Å². The third-order valence-corrected chi connectivity index (χ3v) is 7.81. The molecule has 0 saturated carbocycles. The molecule has 0 spiro atoms. The molecule has 1 aliphatic carbocycles. The summed E-state index contributed by atoms with van der Waals surface area (Å²) in [6, 6.07) is 16.7. The Morgan fingerprint density at radius 2 is 1.79 bits per heavy atom. The van der Waals surface area contributed by atoms with Crippen LogP contribution in [0.25, 0.3) is 0 Å². The van der Waals surface area contributed by atoms with Gasteiger partial charge in [-0.1, -0.05) is 32.6 Å². The van der Waals surface area contributed by atoms with Gasteiger partial charge in [0.15, 0.2) is 5.78 Å². The normalized spacial score (nSPS) is 19.5. The quantitative estimate of drug-likeness (QED) is 0.340. The average Bonchev–Trinajstić information content (AvgIpc) is 2.96. The average molecular weight is 568 g/mol. The van der Waals surface area contributed by atoms with E-state index in [1.54, 1.807) is 26.5 Å². The minimum atomic E-state index is -0.749. The number of ketones is 1. The lowest BCUT2D eigenvalue weighted by Gasteiger charge is -2.42. The molecule has 2 heterocycles. The third-order valence-electron chi connectivity index (χ3n) is 7.81. The highest BCUT2D eigenvalue weighted by Crippen LogP contribution is 2.48. The van der Waals surface area contributed by atoms with Crippen LogP contribution < -0.4 is 24.8 Å². The first-order valence-corrected chi connectivity index (χ1v) is 14.0. The van der Waals surface area contributed by atoms with Crippen LogP contribution in [0, 0.1) is 18.3 Å². The third kappa shape index (κ3) is 6.03. The Labute approximate surface area is 246 Å². The van der Waals surface area contributed by atoms with Crippen LogP contribution in [0.15, 0.2) is 84.3 Å². The molecule has 0 bridgehead atoms. The highest BCUT2D eigenvalue weighted by atomic mass is 16.5. The molecule has 1 amide bonds. The van der Waals surface area contributed by atoms with Crippen LogP contribution in [0.2, 0.25) is 0 Å². The van der Waals surface area contributed by atoms with Crippen molar-refractivity contribution >= 4 is 17.5 Å². The predicted octanol–water partition coefficient (Wildman–Crippen LogP) is 6.08. The topological polar surface area (TPSA) is 98.8 Å². The number of Topliss-reactive ketones (excluding diaryl/α,β-unsaturated/α-hetero) is 1. The SMILES string of the molecule is C=C1NC2=C(C(=O)CC(C)(C)C2)C(c2ccc(OC)c(COc3ccc(OC)cc3)c2)C1C(=O)Nc1ccc(C)cn1. The molecule has 2 aliphatic rings. The van der Waals surface area contributed by atoms with Gasteiger partial charge in [0.2, 0.25) is 5.91 Å². The van der Waals surface area contributed by atoms with Crippen LogP contribution in [0.4, 0.5) is 5.82 Å². The summed E-state index contributed by atoms with van der Waals surface area (Å²) in [5, 5.41) is 6.29. The fourth-order valence-electron chi connectivity index (χ4n) is 5.80. The van der Waals surface area contributed by atoms with E-state index in [0.29, 0.717) is 41.4 Å². The summed E-state index contributed by atoms with van der Waals surface area (Å²) in [5.41, 5.74) is 4.39. The molecule has 8 nitrogen and oxygen atoms in total. The van der Waals surface area contributed by atoms with Crippen molar-refractivity contribution in [1.29, 1.82) is 0 Å². The fraction of sp³-hybridized carbons (Fsp3) is 0.324. The minimum absolute atomic E-state index is 0.0318. The van der Waals surface area contributed by atoms with Crippen molar-refractivity contribution < 1.29 is 23.8 Å². The van der Waals surface area contributed by atoms with Gasteiger partial charge in [-0.05, 0) is 72.4 Å². The van der Waals surface area contributed by atoms with E-state index in [4.69, 9.17) is 14.2 Å². The van der Waals surface area contributed by atoms with Gasteiger partial charge in [0.1, 0.15) is 29.7 Å². The number of anilines is 1. The highest BCUT2D eigenvalue weighted by Gasteiger charge is 2.46. The van der Waals surface area contributed by atoms with Crippen molar-refractivity contribution in [2.45, 2.75) is 46.1 Å². The number of nitrogens with zero attached hydrogens (tertiary/aromatic N) is 1. The second kappa shape index (κ2) is 11.7. The second-order valence-corrected chi connectivity index (χ2v) is 11.7. The Morgan fingerprint density at radius 3 is 2.45 bits per heavy atom. The first-order chi connectivity index (χ1) is 20.1. The van der Waals surface area contributed by atoms with Gasteiger partial charge in [0.05, 0.1) is 20.1 Å². The number of carbonyl (C=O) groups is 2. The van der Waals surface area contributed by atoms with Gasteiger partial charge in [-0.3, -0.25) is 9.59 Å². The number of aryl methyl sites for hydroxylation is 1. The minimum Gasteiger partial charge on any atom is -0.497 e. The van der Waals surface area contributed by atoms with E-state index in [2.05, 4.69) is 36.0 Å². The van der Waals surface area contributed by atoms with Crippen LogP contribution in [-0.4, -0.2) is 30.9 Å². The number of pyridine rings is 1. The lowest BCUT2D eigenvalue weighted by molar-refractivity contribution is -0.120. The summed E-state index contributed by atoms with van der Waals surface area (Å²) >= 11 is 0. The van der Waals surface area contributed by atoms with Crippen LogP contribution >= 0.6 is 0 Å². The first-order valence-electron chi connectivity index (χ1n) is 14.0. The van der Waals surface area contributed by atoms with Gasteiger partial charge >= 0.3 is 0 Å². The molecule has 2 atom stereocenters. The Morgan fingerprint density at radius 1 is 1.05 bits per heavy atom. The monoisotopic (exact) mass is 567 g/mol. The molecule has 0 fully saturated rings. The number of hydrogen-bond donors (Lipinski definition) is 2. The summed E-state index contributed by atoms with van der Waals surface area (Å²) in [4.78, 5) is 32.0. The zero-order valence-electron chi connectivity index (χ0n) is 24.7. The van der Waals surface area contributed by atoms with Gasteiger partial charge in [-0.15, -0.1) is 0 Å². The van der Waals surface area contributed by atoms with Crippen molar-refractivity contribution in [2.24, 2.45) is 11.3 Å². The molecular weight excluding hydrogens is 530 g/mol. The van der Waals surface area contributed by atoms with Gasteiger partial charge < -0.3 is 24.8 Å². The van der Waals surface area contributed by atoms with Crippen LogP contribution in [0.3, 0.4) is 0 Å². The molecule has 3 aromatic rings. The Bertz CT molecular complexity index is 1540. The maximum absolute atomic E-state index is 13.9. The summed E-state index contributed by atoms with van der Waals surface area (Å²) in [6.45, 7) is 10.6. The number of rotatable bonds is 8.